The average molecular weight is 408 g/mol. The van der Waals surface area contributed by atoms with Crippen LogP contribution in [0, 0.1) is 6.92 Å². The Morgan fingerprint density at radius 2 is 2.13 bits per heavy atom. The Morgan fingerprint density at radius 1 is 1.33 bits per heavy atom. The molecule has 1 aliphatic rings. The quantitative estimate of drug-likeness (QED) is 0.652. The third-order valence-corrected chi connectivity index (χ3v) is 5.92. The number of likely N-dealkylation sites (N-methyl/N-ethyl adjacent to an activating group) is 1. The topological polar surface area (TPSA) is 76.2 Å². The Kier molecular flexibility index (Phi) is 5.99. The average Bonchev–Trinajstić information content (AvgIpc) is 3.35. The van der Waals surface area contributed by atoms with E-state index in [0.29, 0.717) is 18.3 Å². The number of carbonyl (C=O) groups is 1. The number of rotatable bonds is 7. The smallest absolute Gasteiger partial charge is 0.271 e. The highest BCUT2D eigenvalue weighted by Gasteiger charge is 2.30. The fourth-order valence-electron chi connectivity index (χ4n) is 4.28. The minimum atomic E-state index is -0.112. The second kappa shape index (κ2) is 8.83. The lowest BCUT2D eigenvalue weighted by atomic mass is 9.90. The van der Waals surface area contributed by atoms with Crippen LogP contribution in [0.4, 0.5) is 0 Å². The first-order valence-corrected chi connectivity index (χ1v) is 10.5. The zero-order chi connectivity index (χ0) is 21.1. The first-order chi connectivity index (χ1) is 14.5. The summed E-state index contributed by atoms with van der Waals surface area (Å²) in [5.74, 6) is 0.754. The number of aromatic nitrogens is 3. The van der Waals surface area contributed by atoms with Crippen LogP contribution in [-0.4, -0.2) is 45.9 Å². The molecule has 2 heterocycles. The van der Waals surface area contributed by atoms with Gasteiger partial charge in [0.15, 0.2) is 11.5 Å². The fraction of sp³-hybridized carbons (Fsp3) is 0.435. The predicted octanol–water partition coefficient (Wildman–Crippen LogP) is 2.77. The van der Waals surface area contributed by atoms with Crippen LogP contribution in [0.5, 0.6) is 0 Å². The minimum Gasteiger partial charge on any atom is -0.360 e. The second-order valence-corrected chi connectivity index (χ2v) is 8.06. The minimum absolute atomic E-state index is 0.112. The molecule has 0 saturated heterocycles. The summed E-state index contributed by atoms with van der Waals surface area (Å²) in [6, 6.07) is 12.7. The van der Waals surface area contributed by atoms with E-state index in [-0.39, 0.29) is 5.91 Å². The van der Waals surface area contributed by atoms with Crippen LogP contribution < -0.4 is 5.32 Å². The Bertz CT molecular complexity index is 1010. The Labute approximate surface area is 177 Å². The number of benzene rings is 1. The molecule has 1 unspecified atom stereocenters. The Morgan fingerprint density at radius 3 is 2.83 bits per heavy atom. The van der Waals surface area contributed by atoms with Gasteiger partial charge in [0.25, 0.3) is 5.91 Å². The highest BCUT2D eigenvalue weighted by atomic mass is 16.5. The normalized spacial score (nSPS) is 15.9. The maximum absolute atomic E-state index is 12.5. The predicted molar refractivity (Wildman–Crippen MR) is 114 cm³/mol. The van der Waals surface area contributed by atoms with Gasteiger partial charge in [0.1, 0.15) is 0 Å². The van der Waals surface area contributed by atoms with E-state index in [1.165, 1.54) is 11.3 Å². The lowest BCUT2D eigenvalue weighted by Crippen LogP contribution is -2.36. The monoisotopic (exact) mass is 407 g/mol. The van der Waals surface area contributed by atoms with Crippen molar-refractivity contribution in [3.8, 4) is 0 Å². The standard InChI is InChI=1S/C23H29N5O2/c1-16-13-19(30-26-16)15-27(3)18-9-10-21-20(14-18)22(23(29)24-2)25-28(21)12-11-17-7-5-4-6-8-17/h4-8,13,18H,9-12,14-15H2,1-3H3,(H,24,29). The molecule has 1 atom stereocenters. The summed E-state index contributed by atoms with van der Waals surface area (Å²) in [6.07, 6.45) is 3.66. The Hall–Kier alpha value is -2.93. The summed E-state index contributed by atoms with van der Waals surface area (Å²) in [6.45, 7) is 3.42. The molecule has 1 N–H and O–H groups in total. The summed E-state index contributed by atoms with van der Waals surface area (Å²) in [7, 11) is 3.77. The van der Waals surface area contributed by atoms with Gasteiger partial charge in [0.05, 0.1) is 12.2 Å². The van der Waals surface area contributed by atoms with Crippen LogP contribution in [-0.2, 0) is 32.4 Å². The summed E-state index contributed by atoms with van der Waals surface area (Å²) >= 11 is 0. The van der Waals surface area contributed by atoms with Gasteiger partial charge >= 0.3 is 0 Å². The van der Waals surface area contributed by atoms with Crippen molar-refractivity contribution >= 4 is 5.91 Å². The van der Waals surface area contributed by atoms with Crippen molar-refractivity contribution < 1.29 is 9.32 Å². The van der Waals surface area contributed by atoms with Crippen molar-refractivity contribution in [2.24, 2.45) is 0 Å². The SMILES string of the molecule is CNC(=O)c1nn(CCc2ccccc2)c2c1CC(N(C)Cc1cc(C)no1)CC2. The number of amides is 1. The molecule has 1 aromatic carbocycles. The van der Waals surface area contributed by atoms with Crippen molar-refractivity contribution in [2.45, 2.75) is 51.7 Å². The Balaban J connectivity index is 1.52. The summed E-state index contributed by atoms with van der Waals surface area (Å²) in [4.78, 5) is 14.8. The molecule has 30 heavy (non-hydrogen) atoms. The summed E-state index contributed by atoms with van der Waals surface area (Å²) in [5, 5.41) is 11.4. The zero-order valence-corrected chi connectivity index (χ0v) is 17.9. The highest BCUT2D eigenvalue weighted by molar-refractivity contribution is 5.93. The first-order valence-electron chi connectivity index (χ1n) is 10.5. The van der Waals surface area contributed by atoms with E-state index in [2.05, 4.69) is 46.7 Å². The van der Waals surface area contributed by atoms with Gasteiger partial charge in [-0.1, -0.05) is 35.5 Å². The van der Waals surface area contributed by atoms with Gasteiger partial charge < -0.3 is 9.84 Å². The maximum atomic E-state index is 12.5. The first kappa shape index (κ1) is 20.3. The van der Waals surface area contributed by atoms with Crippen LogP contribution in [0.1, 0.15) is 45.2 Å². The van der Waals surface area contributed by atoms with E-state index in [0.717, 1.165) is 49.2 Å². The van der Waals surface area contributed by atoms with Crippen molar-refractivity contribution in [3.63, 3.8) is 0 Å². The number of fused-ring (bicyclic) bond motifs is 1. The largest absolute Gasteiger partial charge is 0.360 e. The van der Waals surface area contributed by atoms with Gasteiger partial charge in [0.2, 0.25) is 0 Å². The maximum Gasteiger partial charge on any atom is 0.271 e. The number of carbonyl (C=O) groups excluding carboxylic acids is 1. The molecule has 7 nitrogen and oxygen atoms in total. The molecule has 0 bridgehead atoms. The molecule has 3 aromatic rings. The van der Waals surface area contributed by atoms with E-state index >= 15 is 0 Å². The molecule has 0 aliphatic heterocycles. The van der Waals surface area contributed by atoms with Crippen molar-refractivity contribution in [3.05, 3.63) is 70.4 Å². The summed E-state index contributed by atoms with van der Waals surface area (Å²) in [5.41, 5.74) is 5.02. The van der Waals surface area contributed by atoms with Gasteiger partial charge in [-0.3, -0.25) is 14.4 Å². The van der Waals surface area contributed by atoms with Gasteiger partial charge in [-0.15, -0.1) is 0 Å². The number of hydrogen-bond donors (Lipinski definition) is 1. The van der Waals surface area contributed by atoms with Crippen LogP contribution in [0.15, 0.2) is 40.9 Å². The molecular formula is C23H29N5O2. The van der Waals surface area contributed by atoms with Crippen LogP contribution in [0.2, 0.25) is 0 Å². The molecule has 0 spiro atoms. The van der Waals surface area contributed by atoms with Crippen molar-refractivity contribution in [1.29, 1.82) is 0 Å². The highest BCUT2D eigenvalue weighted by Crippen LogP contribution is 2.28. The molecule has 4 rings (SSSR count). The van der Waals surface area contributed by atoms with E-state index in [1.54, 1.807) is 7.05 Å². The number of nitrogens with one attached hydrogen (secondary N) is 1. The molecule has 7 heteroatoms. The fourth-order valence-corrected chi connectivity index (χ4v) is 4.28. The molecule has 0 saturated carbocycles. The molecule has 0 radical (unpaired) electrons. The van der Waals surface area contributed by atoms with Crippen molar-refractivity contribution in [1.82, 2.24) is 25.2 Å². The van der Waals surface area contributed by atoms with Gasteiger partial charge in [-0.05, 0) is 45.2 Å². The van der Waals surface area contributed by atoms with Crippen LogP contribution >= 0.6 is 0 Å². The summed E-state index contributed by atoms with van der Waals surface area (Å²) < 4.78 is 7.43. The van der Waals surface area contributed by atoms with E-state index in [4.69, 9.17) is 9.62 Å². The molecule has 1 amide bonds. The molecule has 158 valence electrons. The molecule has 2 aromatic heterocycles. The van der Waals surface area contributed by atoms with Gasteiger partial charge in [-0.2, -0.15) is 5.10 Å². The van der Waals surface area contributed by atoms with Crippen LogP contribution in [0.25, 0.3) is 0 Å². The lowest BCUT2D eigenvalue weighted by molar-refractivity contribution is 0.0955. The van der Waals surface area contributed by atoms with Crippen LogP contribution in [0.3, 0.4) is 0 Å². The number of nitrogens with zero attached hydrogens (tertiary/aromatic N) is 4. The molecule has 0 fully saturated rings. The van der Waals surface area contributed by atoms with Gasteiger partial charge in [0, 0.05) is 37.0 Å². The number of hydrogen-bond acceptors (Lipinski definition) is 5. The third kappa shape index (κ3) is 4.31. The second-order valence-electron chi connectivity index (χ2n) is 8.06. The molecular weight excluding hydrogens is 378 g/mol. The van der Waals surface area contributed by atoms with E-state index in [1.807, 2.05) is 23.7 Å². The lowest BCUT2D eigenvalue weighted by Gasteiger charge is -2.31. The molecule has 1 aliphatic carbocycles. The number of aryl methyl sites for hydroxylation is 3. The van der Waals surface area contributed by atoms with E-state index < -0.39 is 0 Å². The third-order valence-electron chi connectivity index (χ3n) is 5.92. The zero-order valence-electron chi connectivity index (χ0n) is 17.9. The van der Waals surface area contributed by atoms with Crippen molar-refractivity contribution in [2.75, 3.05) is 14.1 Å². The van der Waals surface area contributed by atoms with E-state index in [9.17, 15) is 4.79 Å². The van der Waals surface area contributed by atoms with Gasteiger partial charge in [-0.25, -0.2) is 0 Å².